The number of alkyl halides is 3. The lowest BCUT2D eigenvalue weighted by atomic mass is 9.78. The van der Waals surface area contributed by atoms with E-state index in [1.54, 1.807) is 48.5 Å². The first-order valence-corrected chi connectivity index (χ1v) is 9.86. The monoisotopic (exact) mass is 438 g/mol. The Labute approximate surface area is 181 Å². The number of carbonyl (C=O) groups is 2. The zero-order chi connectivity index (χ0) is 22.8. The molecule has 0 saturated carbocycles. The molecule has 0 radical (unpaired) electrons. The minimum absolute atomic E-state index is 0.0344. The van der Waals surface area contributed by atoms with Crippen LogP contribution >= 0.6 is 0 Å². The molecule has 0 aromatic heterocycles. The number of hydrogen-bond acceptors (Lipinski definition) is 3. The van der Waals surface area contributed by atoms with Crippen molar-refractivity contribution < 1.29 is 27.9 Å². The summed E-state index contributed by atoms with van der Waals surface area (Å²) in [6, 6.07) is 18.0. The van der Waals surface area contributed by atoms with Crippen molar-refractivity contribution >= 4 is 28.9 Å². The fourth-order valence-electron chi connectivity index (χ4n) is 4.62. The first-order chi connectivity index (χ1) is 15.2. The highest BCUT2D eigenvalue weighted by Crippen LogP contribution is 2.55. The Balaban J connectivity index is 1.73. The number of fused-ring (bicyclic) bond motifs is 2. The molecule has 2 atom stereocenters. The predicted molar refractivity (Wildman–Crippen MR) is 112 cm³/mol. The molecule has 2 heterocycles. The van der Waals surface area contributed by atoms with E-state index in [-0.39, 0.29) is 16.8 Å². The topological polar surface area (TPSA) is 60.9 Å². The molecule has 3 aromatic carbocycles. The molecule has 2 amide bonds. The van der Waals surface area contributed by atoms with Crippen LogP contribution in [0.1, 0.15) is 22.6 Å². The van der Waals surface area contributed by atoms with Crippen LogP contribution in [-0.2, 0) is 21.4 Å². The van der Waals surface area contributed by atoms with Crippen molar-refractivity contribution in [1.82, 2.24) is 0 Å². The van der Waals surface area contributed by atoms with Gasteiger partial charge in [0.25, 0.3) is 5.91 Å². The molecule has 162 valence electrons. The molecule has 3 aromatic rings. The number of anilines is 3. The van der Waals surface area contributed by atoms with Gasteiger partial charge in [0.15, 0.2) is 5.60 Å². The number of para-hydroxylation sites is 2. The second-order valence-corrected chi connectivity index (χ2v) is 7.86. The van der Waals surface area contributed by atoms with Gasteiger partial charge in [-0.15, -0.1) is 0 Å². The van der Waals surface area contributed by atoms with Gasteiger partial charge >= 0.3 is 6.18 Å². The van der Waals surface area contributed by atoms with Crippen molar-refractivity contribution in [3.8, 4) is 0 Å². The molecule has 0 aliphatic carbocycles. The van der Waals surface area contributed by atoms with Crippen molar-refractivity contribution in [3.05, 3.63) is 89.5 Å². The molecule has 2 aliphatic rings. The quantitative estimate of drug-likeness (QED) is 0.648. The van der Waals surface area contributed by atoms with E-state index in [9.17, 15) is 27.9 Å². The number of likely N-dealkylation sites (N-methyl/N-ethyl adjacent to an activating group) is 1. The van der Waals surface area contributed by atoms with E-state index in [1.807, 2.05) is 0 Å². The predicted octanol–water partition coefficient (Wildman–Crippen LogP) is 4.33. The summed E-state index contributed by atoms with van der Waals surface area (Å²) in [6.07, 6.45) is -4.64. The number of benzene rings is 3. The summed E-state index contributed by atoms with van der Waals surface area (Å²) >= 11 is 0. The Morgan fingerprint density at radius 3 is 2.25 bits per heavy atom. The number of nitrogens with zero attached hydrogens (tertiary/aromatic N) is 2. The SMILES string of the molecule is CN1C(=O)C(C2(O)C(=O)N(c3ccccc3)c3ccccc32)c2cc(C(F)(F)F)ccc21. The third kappa shape index (κ3) is 2.62. The van der Waals surface area contributed by atoms with Crippen LogP contribution in [0.5, 0.6) is 0 Å². The molecule has 1 N–H and O–H groups in total. The molecule has 0 bridgehead atoms. The summed E-state index contributed by atoms with van der Waals surface area (Å²) in [6.45, 7) is 0. The average Bonchev–Trinajstić information content (AvgIpc) is 3.16. The van der Waals surface area contributed by atoms with E-state index in [4.69, 9.17) is 0 Å². The van der Waals surface area contributed by atoms with E-state index in [1.165, 1.54) is 29.0 Å². The first kappa shape index (κ1) is 20.3. The van der Waals surface area contributed by atoms with Crippen LogP contribution in [0.2, 0.25) is 0 Å². The summed E-state index contributed by atoms with van der Waals surface area (Å²) in [4.78, 5) is 29.4. The zero-order valence-corrected chi connectivity index (χ0v) is 16.8. The molecule has 0 saturated heterocycles. The molecule has 5 rings (SSSR count). The molecular weight excluding hydrogens is 421 g/mol. The van der Waals surface area contributed by atoms with Gasteiger partial charge in [-0.25, -0.2) is 0 Å². The summed E-state index contributed by atoms with van der Waals surface area (Å²) in [5.41, 5.74) is -2.10. The molecule has 0 fully saturated rings. The Kier molecular flexibility index (Phi) is 4.22. The maximum Gasteiger partial charge on any atom is 0.416 e. The number of aliphatic hydroxyl groups is 1. The van der Waals surface area contributed by atoms with Crippen LogP contribution in [-0.4, -0.2) is 24.0 Å². The van der Waals surface area contributed by atoms with Gasteiger partial charge in [0.05, 0.1) is 11.3 Å². The van der Waals surface area contributed by atoms with Crippen LogP contribution in [0, 0.1) is 0 Å². The maximum atomic E-state index is 13.7. The highest BCUT2D eigenvalue weighted by molar-refractivity contribution is 6.17. The van der Waals surface area contributed by atoms with Crippen molar-refractivity contribution in [2.45, 2.75) is 17.7 Å². The number of carbonyl (C=O) groups excluding carboxylic acids is 2. The van der Waals surface area contributed by atoms with E-state index in [0.29, 0.717) is 11.4 Å². The molecule has 8 heteroatoms. The van der Waals surface area contributed by atoms with Crippen LogP contribution in [0.3, 0.4) is 0 Å². The van der Waals surface area contributed by atoms with Gasteiger partial charge in [0.2, 0.25) is 5.91 Å². The van der Waals surface area contributed by atoms with Gasteiger partial charge in [-0.05, 0) is 42.0 Å². The first-order valence-electron chi connectivity index (χ1n) is 9.86. The van der Waals surface area contributed by atoms with Gasteiger partial charge < -0.3 is 10.0 Å². The molecular formula is C24H17F3N2O3. The minimum Gasteiger partial charge on any atom is -0.374 e. The van der Waals surface area contributed by atoms with Crippen molar-refractivity contribution in [2.24, 2.45) is 0 Å². The normalized spacial score (nSPS) is 22.3. The van der Waals surface area contributed by atoms with Crippen LogP contribution in [0.25, 0.3) is 0 Å². The standard InChI is InChI=1S/C24H17F3N2O3/c1-28-18-12-11-14(24(25,26)27)13-16(18)20(21(28)30)23(32)17-9-5-6-10-19(17)29(22(23)31)15-7-3-2-4-8-15/h2-13,20,32H,1H3. The Morgan fingerprint density at radius 1 is 0.906 bits per heavy atom. The molecule has 32 heavy (non-hydrogen) atoms. The van der Waals surface area contributed by atoms with Gasteiger partial charge in [0, 0.05) is 24.0 Å². The molecule has 2 unspecified atom stereocenters. The molecule has 5 nitrogen and oxygen atoms in total. The molecule has 2 aliphatic heterocycles. The second-order valence-electron chi connectivity index (χ2n) is 7.86. The largest absolute Gasteiger partial charge is 0.416 e. The highest BCUT2D eigenvalue weighted by atomic mass is 19.4. The van der Waals surface area contributed by atoms with Crippen LogP contribution < -0.4 is 9.80 Å². The Bertz CT molecular complexity index is 1260. The zero-order valence-electron chi connectivity index (χ0n) is 16.8. The number of hydrogen-bond donors (Lipinski definition) is 1. The van der Waals surface area contributed by atoms with Crippen molar-refractivity contribution in [1.29, 1.82) is 0 Å². The summed E-state index contributed by atoms with van der Waals surface area (Å²) in [5.74, 6) is -2.96. The van der Waals surface area contributed by atoms with Gasteiger partial charge in [-0.2, -0.15) is 13.2 Å². The maximum absolute atomic E-state index is 13.7. The van der Waals surface area contributed by atoms with Gasteiger partial charge in [0.1, 0.15) is 5.92 Å². The lowest BCUT2D eigenvalue weighted by molar-refractivity contribution is -0.143. The Morgan fingerprint density at radius 2 is 1.56 bits per heavy atom. The number of halogens is 3. The summed E-state index contributed by atoms with van der Waals surface area (Å²) in [7, 11) is 1.41. The fraction of sp³-hybridized carbons (Fsp3) is 0.167. The van der Waals surface area contributed by atoms with E-state index in [0.717, 1.165) is 12.1 Å². The van der Waals surface area contributed by atoms with E-state index in [2.05, 4.69) is 0 Å². The van der Waals surface area contributed by atoms with Gasteiger partial charge in [-0.3, -0.25) is 14.5 Å². The number of amides is 2. The Hall–Kier alpha value is -3.65. The highest BCUT2D eigenvalue weighted by Gasteiger charge is 2.61. The van der Waals surface area contributed by atoms with E-state index >= 15 is 0 Å². The third-order valence-corrected chi connectivity index (χ3v) is 6.12. The average molecular weight is 438 g/mol. The molecule has 0 spiro atoms. The van der Waals surface area contributed by atoms with Crippen molar-refractivity contribution in [2.75, 3.05) is 16.8 Å². The van der Waals surface area contributed by atoms with E-state index < -0.39 is 35.1 Å². The summed E-state index contributed by atoms with van der Waals surface area (Å²) < 4.78 is 40.2. The lowest BCUT2D eigenvalue weighted by Gasteiger charge is -2.28. The smallest absolute Gasteiger partial charge is 0.374 e. The fourth-order valence-corrected chi connectivity index (χ4v) is 4.62. The van der Waals surface area contributed by atoms with Crippen LogP contribution in [0.4, 0.5) is 30.2 Å². The summed E-state index contributed by atoms with van der Waals surface area (Å²) in [5, 5.41) is 11.9. The second kappa shape index (κ2) is 6.67. The van der Waals surface area contributed by atoms with Crippen LogP contribution in [0.15, 0.2) is 72.8 Å². The lowest BCUT2D eigenvalue weighted by Crippen LogP contribution is -2.46. The van der Waals surface area contributed by atoms with Crippen molar-refractivity contribution in [3.63, 3.8) is 0 Å². The van der Waals surface area contributed by atoms with Gasteiger partial charge in [-0.1, -0.05) is 36.4 Å². The third-order valence-electron chi connectivity index (χ3n) is 6.12. The minimum atomic E-state index is -4.64. The number of rotatable bonds is 2.